The summed E-state index contributed by atoms with van der Waals surface area (Å²) in [6.45, 7) is 3.28. The summed E-state index contributed by atoms with van der Waals surface area (Å²) in [5.41, 5.74) is 0.0870. The Hall–Kier alpha value is -2.09. The van der Waals surface area contributed by atoms with Gasteiger partial charge in [-0.15, -0.1) is 0 Å². The highest BCUT2D eigenvalue weighted by atomic mass is 16.2. The van der Waals surface area contributed by atoms with Gasteiger partial charge in [0.25, 0.3) is 5.56 Å². The quantitative estimate of drug-likeness (QED) is 0.694. The van der Waals surface area contributed by atoms with Crippen molar-refractivity contribution in [2.45, 2.75) is 6.54 Å². The number of hydrogen-bond acceptors (Lipinski definition) is 4. The Balaban J connectivity index is 2.04. The third-order valence-electron chi connectivity index (χ3n) is 4.04. The third-order valence-corrected chi connectivity index (χ3v) is 4.04. The normalized spacial score (nSPS) is 15.9. The number of carbonyl (C=O) groups is 1. The zero-order valence-corrected chi connectivity index (χ0v) is 13.6. The lowest BCUT2D eigenvalue weighted by molar-refractivity contribution is 0.118. The molecule has 0 unspecified atom stereocenters. The molecule has 1 aliphatic rings. The SMILES string of the molecule is CN(C)C(=O)N1CCN(Cc2cc(=O)n(C)c(=O)n2C)CC1. The standard InChI is InChI=1S/C14H23N5O3/c1-15(2)13(21)19-7-5-18(6-8-19)10-11-9-12(20)17(4)14(22)16(11)3/h9H,5-8,10H2,1-4H3. The minimum absolute atomic E-state index is 0.0145. The number of hydrogen-bond donors (Lipinski definition) is 0. The van der Waals surface area contributed by atoms with E-state index >= 15 is 0 Å². The van der Waals surface area contributed by atoms with Gasteiger partial charge < -0.3 is 9.80 Å². The summed E-state index contributed by atoms with van der Waals surface area (Å²) in [5.74, 6) is 0. The highest BCUT2D eigenvalue weighted by Crippen LogP contribution is 2.07. The maximum Gasteiger partial charge on any atom is 0.330 e. The molecule has 122 valence electrons. The van der Waals surface area contributed by atoms with Crippen LogP contribution in [0.25, 0.3) is 0 Å². The summed E-state index contributed by atoms with van der Waals surface area (Å²) in [6, 6.07) is 1.51. The third kappa shape index (κ3) is 3.22. The topological polar surface area (TPSA) is 70.8 Å². The summed E-state index contributed by atoms with van der Waals surface area (Å²) in [6.07, 6.45) is 0. The second kappa shape index (κ2) is 6.35. The van der Waals surface area contributed by atoms with Gasteiger partial charge in [-0.05, 0) is 0 Å². The van der Waals surface area contributed by atoms with Crippen LogP contribution in [0.4, 0.5) is 4.79 Å². The molecule has 0 bridgehead atoms. The van der Waals surface area contributed by atoms with Gasteiger partial charge in [-0.3, -0.25) is 18.8 Å². The minimum Gasteiger partial charge on any atom is -0.331 e. The van der Waals surface area contributed by atoms with E-state index in [9.17, 15) is 14.4 Å². The highest BCUT2D eigenvalue weighted by molar-refractivity contribution is 5.73. The predicted molar refractivity (Wildman–Crippen MR) is 82.9 cm³/mol. The van der Waals surface area contributed by atoms with Gasteiger partial charge in [-0.2, -0.15) is 0 Å². The van der Waals surface area contributed by atoms with Crippen LogP contribution in [0, 0.1) is 0 Å². The average molecular weight is 309 g/mol. The minimum atomic E-state index is -0.316. The van der Waals surface area contributed by atoms with Crippen molar-refractivity contribution in [2.24, 2.45) is 14.1 Å². The molecular formula is C14H23N5O3. The van der Waals surface area contributed by atoms with E-state index in [1.165, 1.54) is 17.7 Å². The van der Waals surface area contributed by atoms with Gasteiger partial charge >= 0.3 is 11.7 Å². The van der Waals surface area contributed by atoms with Crippen LogP contribution < -0.4 is 11.2 Å². The van der Waals surface area contributed by atoms with Crippen LogP contribution in [0.3, 0.4) is 0 Å². The van der Waals surface area contributed by atoms with E-state index in [1.54, 1.807) is 30.9 Å². The molecule has 2 heterocycles. The molecule has 2 rings (SSSR count). The summed E-state index contributed by atoms with van der Waals surface area (Å²) in [5, 5.41) is 0. The van der Waals surface area contributed by atoms with Crippen LogP contribution in [0.1, 0.15) is 5.69 Å². The first kappa shape index (κ1) is 16.3. The Labute approximate surface area is 129 Å². The molecule has 1 aromatic heterocycles. The van der Waals surface area contributed by atoms with E-state index in [1.807, 2.05) is 0 Å². The molecule has 8 nitrogen and oxygen atoms in total. The summed E-state index contributed by atoms with van der Waals surface area (Å²) >= 11 is 0. The predicted octanol–water partition coefficient (Wildman–Crippen LogP) is -1.12. The summed E-state index contributed by atoms with van der Waals surface area (Å²) in [4.78, 5) is 41.1. The Morgan fingerprint density at radius 3 is 2.23 bits per heavy atom. The lowest BCUT2D eigenvalue weighted by Gasteiger charge is -2.36. The maximum absolute atomic E-state index is 11.9. The number of piperazine rings is 1. The molecule has 0 N–H and O–H groups in total. The molecule has 1 aromatic rings. The first-order valence-corrected chi connectivity index (χ1v) is 7.25. The van der Waals surface area contributed by atoms with Gasteiger partial charge in [-0.25, -0.2) is 9.59 Å². The van der Waals surface area contributed by atoms with Crippen molar-refractivity contribution in [3.05, 3.63) is 32.6 Å². The molecule has 0 saturated carbocycles. The molecule has 0 spiro atoms. The molecule has 0 aromatic carbocycles. The highest BCUT2D eigenvalue weighted by Gasteiger charge is 2.22. The fourth-order valence-electron chi connectivity index (χ4n) is 2.54. The van der Waals surface area contributed by atoms with Crippen LogP contribution in [0.15, 0.2) is 15.7 Å². The second-order valence-corrected chi connectivity index (χ2v) is 5.81. The van der Waals surface area contributed by atoms with Gasteiger partial charge in [0, 0.05) is 72.7 Å². The lowest BCUT2D eigenvalue weighted by atomic mass is 10.3. The zero-order chi connectivity index (χ0) is 16.4. The number of amides is 2. The van der Waals surface area contributed by atoms with E-state index < -0.39 is 0 Å². The Morgan fingerprint density at radius 1 is 1.09 bits per heavy atom. The van der Waals surface area contributed by atoms with E-state index in [0.29, 0.717) is 25.3 Å². The molecule has 0 radical (unpaired) electrons. The molecule has 22 heavy (non-hydrogen) atoms. The summed E-state index contributed by atoms with van der Waals surface area (Å²) in [7, 11) is 6.62. The van der Waals surface area contributed by atoms with Crippen LogP contribution in [-0.4, -0.2) is 70.1 Å². The molecule has 8 heteroatoms. The van der Waals surface area contributed by atoms with Crippen molar-refractivity contribution >= 4 is 6.03 Å². The Bertz CT molecular complexity index is 668. The molecule has 1 saturated heterocycles. The Morgan fingerprint density at radius 2 is 1.68 bits per heavy atom. The van der Waals surface area contributed by atoms with Gasteiger partial charge in [0.05, 0.1) is 0 Å². The monoisotopic (exact) mass is 309 g/mol. The van der Waals surface area contributed by atoms with Crippen LogP contribution >= 0.6 is 0 Å². The van der Waals surface area contributed by atoms with Crippen LogP contribution in [0.5, 0.6) is 0 Å². The molecule has 1 aliphatic heterocycles. The average Bonchev–Trinajstić information content (AvgIpc) is 2.50. The summed E-state index contributed by atoms with van der Waals surface area (Å²) < 4.78 is 2.59. The second-order valence-electron chi connectivity index (χ2n) is 5.81. The van der Waals surface area contributed by atoms with Gasteiger partial charge in [0.2, 0.25) is 0 Å². The molecular weight excluding hydrogens is 286 g/mol. The van der Waals surface area contributed by atoms with Gasteiger partial charge in [0.1, 0.15) is 0 Å². The van der Waals surface area contributed by atoms with Crippen molar-refractivity contribution in [1.82, 2.24) is 23.8 Å². The van der Waals surface area contributed by atoms with Crippen molar-refractivity contribution in [3.63, 3.8) is 0 Å². The van der Waals surface area contributed by atoms with Crippen molar-refractivity contribution in [3.8, 4) is 0 Å². The number of nitrogens with zero attached hydrogens (tertiary/aromatic N) is 5. The van der Waals surface area contributed by atoms with Crippen molar-refractivity contribution < 1.29 is 4.79 Å². The van der Waals surface area contributed by atoms with Gasteiger partial charge in [-0.1, -0.05) is 0 Å². The van der Waals surface area contributed by atoms with Crippen molar-refractivity contribution in [1.29, 1.82) is 0 Å². The number of aromatic nitrogens is 2. The first-order valence-electron chi connectivity index (χ1n) is 7.25. The Kier molecular flexibility index (Phi) is 4.70. The van der Waals surface area contributed by atoms with E-state index in [-0.39, 0.29) is 17.3 Å². The number of urea groups is 1. The van der Waals surface area contributed by atoms with Gasteiger partial charge in [0.15, 0.2) is 0 Å². The fraction of sp³-hybridized carbons (Fsp3) is 0.643. The van der Waals surface area contributed by atoms with Crippen LogP contribution in [0.2, 0.25) is 0 Å². The first-order chi connectivity index (χ1) is 10.3. The zero-order valence-electron chi connectivity index (χ0n) is 13.6. The van der Waals surface area contributed by atoms with Crippen molar-refractivity contribution in [2.75, 3.05) is 40.3 Å². The number of rotatable bonds is 2. The largest absolute Gasteiger partial charge is 0.331 e. The molecule has 0 aliphatic carbocycles. The van der Waals surface area contributed by atoms with E-state index in [2.05, 4.69) is 4.90 Å². The lowest BCUT2D eigenvalue weighted by Crippen LogP contribution is -2.51. The molecule has 0 atom stereocenters. The maximum atomic E-state index is 11.9. The smallest absolute Gasteiger partial charge is 0.330 e. The molecule has 1 fully saturated rings. The van der Waals surface area contributed by atoms with Crippen LogP contribution in [-0.2, 0) is 20.6 Å². The molecule has 2 amide bonds. The fourth-order valence-corrected chi connectivity index (χ4v) is 2.54. The van der Waals surface area contributed by atoms with E-state index in [0.717, 1.165) is 17.7 Å². The number of carbonyl (C=O) groups excluding carboxylic acids is 1. The van der Waals surface area contributed by atoms with E-state index in [4.69, 9.17) is 0 Å².